The Balaban J connectivity index is 1.11. The first-order valence-electron chi connectivity index (χ1n) is 11.8. The third kappa shape index (κ3) is 4.19. The monoisotopic (exact) mass is 423 g/mol. The SMILES string of the molecule is C/C(=C/C(=O)NNC(=O)C1CCN(c2ncccn2)CC1)C12CC3CC(CC(C3)C1)C2. The minimum atomic E-state index is -0.211. The van der Waals surface area contributed by atoms with Gasteiger partial charge < -0.3 is 4.90 Å². The van der Waals surface area contributed by atoms with Gasteiger partial charge >= 0.3 is 0 Å². The van der Waals surface area contributed by atoms with Crippen LogP contribution in [0.4, 0.5) is 5.95 Å². The number of carbonyl (C=O) groups is 2. The fourth-order valence-electron chi connectivity index (χ4n) is 7.00. The van der Waals surface area contributed by atoms with E-state index in [4.69, 9.17) is 0 Å². The van der Waals surface area contributed by atoms with Crippen LogP contribution in [0.15, 0.2) is 30.1 Å². The molecule has 7 heteroatoms. The van der Waals surface area contributed by atoms with Crippen LogP contribution in [0, 0.1) is 29.1 Å². The molecule has 0 spiro atoms. The van der Waals surface area contributed by atoms with Crippen molar-refractivity contribution in [3.05, 3.63) is 30.1 Å². The fraction of sp³-hybridized carbons (Fsp3) is 0.667. The summed E-state index contributed by atoms with van der Waals surface area (Å²) in [7, 11) is 0. The van der Waals surface area contributed by atoms with Crippen molar-refractivity contribution in [1.29, 1.82) is 0 Å². The molecule has 1 aromatic heterocycles. The number of hydrogen-bond acceptors (Lipinski definition) is 5. The number of hydrazine groups is 1. The maximum atomic E-state index is 12.6. The summed E-state index contributed by atoms with van der Waals surface area (Å²) in [6.45, 7) is 3.60. The Morgan fingerprint density at radius 2 is 1.58 bits per heavy atom. The fourth-order valence-corrected chi connectivity index (χ4v) is 7.00. The molecule has 0 atom stereocenters. The van der Waals surface area contributed by atoms with Gasteiger partial charge in [-0.3, -0.25) is 20.4 Å². The summed E-state index contributed by atoms with van der Waals surface area (Å²) in [6.07, 6.45) is 14.6. The number of amides is 2. The predicted molar refractivity (Wildman–Crippen MR) is 118 cm³/mol. The molecule has 1 saturated heterocycles. The minimum Gasteiger partial charge on any atom is -0.341 e. The van der Waals surface area contributed by atoms with Crippen LogP contribution in [-0.2, 0) is 9.59 Å². The van der Waals surface area contributed by atoms with Gasteiger partial charge in [0.25, 0.3) is 5.91 Å². The molecule has 4 aliphatic carbocycles. The summed E-state index contributed by atoms with van der Waals surface area (Å²) < 4.78 is 0. The Bertz CT molecular complexity index is 825. The average molecular weight is 424 g/mol. The highest BCUT2D eigenvalue weighted by Gasteiger charge is 2.51. The molecular formula is C24H33N5O2. The van der Waals surface area contributed by atoms with Crippen molar-refractivity contribution in [2.75, 3.05) is 18.0 Å². The molecule has 7 nitrogen and oxygen atoms in total. The molecule has 31 heavy (non-hydrogen) atoms. The number of nitrogens with zero attached hydrogens (tertiary/aromatic N) is 3. The normalized spacial score (nSPS) is 32.7. The van der Waals surface area contributed by atoms with Crippen molar-refractivity contribution in [3.63, 3.8) is 0 Å². The van der Waals surface area contributed by atoms with Gasteiger partial charge in [-0.05, 0) is 87.5 Å². The molecule has 2 amide bonds. The zero-order chi connectivity index (χ0) is 21.4. The first-order valence-corrected chi connectivity index (χ1v) is 11.8. The molecule has 1 aromatic rings. The molecule has 5 aliphatic rings. The molecule has 5 fully saturated rings. The van der Waals surface area contributed by atoms with E-state index in [1.165, 1.54) is 44.1 Å². The maximum absolute atomic E-state index is 12.6. The highest BCUT2D eigenvalue weighted by molar-refractivity contribution is 5.90. The highest BCUT2D eigenvalue weighted by Crippen LogP contribution is 2.62. The molecule has 4 bridgehead atoms. The largest absolute Gasteiger partial charge is 0.341 e. The lowest BCUT2D eigenvalue weighted by atomic mass is 9.48. The van der Waals surface area contributed by atoms with E-state index in [-0.39, 0.29) is 23.1 Å². The molecule has 1 aliphatic heterocycles. The lowest BCUT2D eigenvalue weighted by molar-refractivity contribution is -0.130. The average Bonchev–Trinajstić information content (AvgIpc) is 2.77. The lowest BCUT2D eigenvalue weighted by Crippen LogP contribution is -2.48. The molecule has 0 unspecified atom stereocenters. The van der Waals surface area contributed by atoms with E-state index >= 15 is 0 Å². The molecule has 2 heterocycles. The Kier molecular flexibility index (Phi) is 5.44. The Hall–Kier alpha value is -2.44. The summed E-state index contributed by atoms with van der Waals surface area (Å²) in [4.78, 5) is 35.8. The standard InChI is InChI=1S/C24H33N5O2/c1-16(24-13-17-10-18(14-24)12-19(11-17)15-24)9-21(30)27-28-22(31)20-3-7-29(8-4-20)23-25-5-2-6-26-23/h2,5-6,9,17-20H,3-4,7-8,10-15H2,1H3,(H,27,30)(H,28,31)/b16-9-. The van der Waals surface area contributed by atoms with E-state index in [0.29, 0.717) is 5.95 Å². The second kappa shape index (κ2) is 8.24. The molecular weight excluding hydrogens is 390 g/mol. The summed E-state index contributed by atoms with van der Waals surface area (Å²) >= 11 is 0. The molecule has 166 valence electrons. The predicted octanol–water partition coefficient (Wildman–Crippen LogP) is 3.00. The Morgan fingerprint density at radius 3 is 2.16 bits per heavy atom. The first kappa shape index (κ1) is 20.5. The molecule has 4 saturated carbocycles. The van der Waals surface area contributed by atoms with Gasteiger partial charge in [-0.25, -0.2) is 9.97 Å². The van der Waals surface area contributed by atoms with Crippen molar-refractivity contribution < 1.29 is 9.59 Å². The Labute approximate surface area is 184 Å². The highest BCUT2D eigenvalue weighted by atomic mass is 16.2. The smallest absolute Gasteiger partial charge is 0.262 e. The van der Waals surface area contributed by atoms with Crippen molar-refractivity contribution in [1.82, 2.24) is 20.8 Å². The number of rotatable bonds is 4. The number of piperidine rings is 1. The van der Waals surface area contributed by atoms with Crippen LogP contribution in [0.25, 0.3) is 0 Å². The maximum Gasteiger partial charge on any atom is 0.262 e. The van der Waals surface area contributed by atoms with Crippen LogP contribution in [0.3, 0.4) is 0 Å². The van der Waals surface area contributed by atoms with E-state index in [2.05, 4.69) is 32.6 Å². The van der Waals surface area contributed by atoms with Crippen LogP contribution in [-0.4, -0.2) is 34.9 Å². The number of anilines is 1. The van der Waals surface area contributed by atoms with Crippen molar-refractivity contribution in [3.8, 4) is 0 Å². The second-order valence-electron chi connectivity index (χ2n) is 10.3. The first-order chi connectivity index (χ1) is 15.0. The summed E-state index contributed by atoms with van der Waals surface area (Å²) in [5.41, 5.74) is 6.71. The minimum absolute atomic E-state index is 0.103. The van der Waals surface area contributed by atoms with Gasteiger partial charge in [0.15, 0.2) is 0 Å². The van der Waals surface area contributed by atoms with E-state index in [1.807, 2.05) is 0 Å². The van der Waals surface area contributed by atoms with Crippen LogP contribution in [0.2, 0.25) is 0 Å². The van der Waals surface area contributed by atoms with Gasteiger partial charge in [-0.1, -0.05) is 5.57 Å². The van der Waals surface area contributed by atoms with Gasteiger partial charge in [-0.15, -0.1) is 0 Å². The quantitative estimate of drug-likeness (QED) is 0.574. The molecule has 6 rings (SSSR count). The number of carbonyl (C=O) groups excluding carboxylic acids is 2. The van der Waals surface area contributed by atoms with E-state index < -0.39 is 0 Å². The van der Waals surface area contributed by atoms with Gasteiger partial charge in [0.1, 0.15) is 0 Å². The zero-order valence-corrected chi connectivity index (χ0v) is 18.3. The third-order valence-corrected chi connectivity index (χ3v) is 8.23. The van der Waals surface area contributed by atoms with Crippen LogP contribution < -0.4 is 15.8 Å². The van der Waals surface area contributed by atoms with Crippen molar-refractivity contribution in [2.45, 2.75) is 58.3 Å². The Morgan fingerprint density at radius 1 is 1.00 bits per heavy atom. The van der Waals surface area contributed by atoms with E-state index in [1.54, 1.807) is 24.5 Å². The summed E-state index contributed by atoms with van der Waals surface area (Å²) in [5, 5.41) is 0. The van der Waals surface area contributed by atoms with Crippen LogP contribution in [0.5, 0.6) is 0 Å². The number of hydrogen-bond donors (Lipinski definition) is 2. The van der Waals surface area contributed by atoms with Crippen LogP contribution >= 0.6 is 0 Å². The molecule has 2 N–H and O–H groups in total. The molecule has 0 aromatic carbocycles. The van der Waals surface area contributed by atoms with Gasteiger partial charge in [0, 0.05) is 37.5 Å². The second-order valence-corrected chi connectivity index (χ2v) is 10.3. The topological polar surface area (TPSA) is 87.2 Å². The van der Waals surface area contributed by atoms with E-state index in [9.17, 15) is 9.59 Å². The van der Waals surface area contributed by atoms with Crippen LogP contribution in [0.1, 0.15) is 58.3 Å². The van der Waals surface area contributed by atoms with Gasteiger partial charge in [0.05, 0.1) is 0 Å². The van der Waals surface area contributed by atoms with Crippen molar-refractivity contribution in [2.24, 2.45) is 29.1 Å². The summed E-state index contributed by atoms with van der Waals surface area (Å²) in [5.74, 6) is 2.84. The van der Waals surface area contributed by atoms with E-state index in [0.717, 1.165) is 43.7 Å². The number of nitrogens with one attached hydrogen (secondary N) is 2. The summed E-state index contributed by atoms with van der Waals surface area (Å²) in [6, 6.07) is 1.80. The van der Waals surface area contributed by atoms with Gasteiger partial charge in [0.2, 0.25) is 11.9 Å². The number of aromatic nitrogens is 2. The molecule has 0 radical (unpaired) electrons. The zero-order valence-electron chi connectivity index (χ0n) is 18.3. The lowest BCUT2D eigenvalue weighted by Gasteiger charge is -2.57. The number of allylic oxidation sites excluding steroid dienone is 1. The van der Waals surface area contributed by atoms with Gasteiger partial charge in [-0.2, -0.15) is 0 Å². The third-order valence-electron chi connectivity index (χ3n) is 8.23. The van der Waals surface area contributed by atoms with Crippen molar-refractivity contribution >= 4 is 17.8 Å².